The molecular formula is C18H26N4OS. The van der Waals surface area contributed by atoms with Gasteiger partial charge in [0.05, 0.1) is 18.8 Å². The van der Waals surface area contributed by atoms with Crippen LogP contribution < -0.4 is 10.6 Å². The van der Waals surface area contributed by atoms with Crippen molar-refractivity contribution in [3.8, 4) is 0 Å². The highest BCUT2D eigenvalue weighted by Gasteiger charge is 2.25. The number of aliphatic imine (C=N–C) groups is 1. The molecule has 1 atom stereocenters. The van der Waals surface area contributed by atoms with Crippen LogP contribution in [0.15, 0.2) is 39.3 Å². The normalized spacial score (nSPS) is 17.2. The van der Waals surface area contributed by atoms with E-state index in [1.165, 1.54) is 23.3 Å². The van der Waals surface area contributed by atoms with Crippen LogP contribution in [0.3, 0.4) is 0 Å². The topological polar surface area (TPSA) is 52.8 Å². The summed E-state index contributed by atoms with van der Waals surface area (Å²) in [6.07, 6.45) is 4.29. The van der Waals surface area contributed by atoms with Gasteiger partial charge in [0.25, 0.3) is 0 Å². The van der Waals surface area contributed by atoms with Crippen LogP contribution in [0.4, 0.5) is 0 Å². The SMILES string of the molecule is CN=C(NCc1sccc1C)NCC(c1ccco1)N1CCCC1. The molecule has 0 aromatic carbocycles. The monoisotopic (exact) mass is 346 g/mol. The van der Waals surface area contributed by atoms with Crippen molar-refractivity contribution in [2.45, 2.75) is 32.4 Å². The van der Waals surface area contributed by atoms with Crippen molar-refractivity contribution >= 4 is 17.3 Å². The first-order chi connectivity index (χ1) is 11.8. The molecule has 130 valence electrons. The third-order valence-corrected chi connectivity index (χ3v) is 5.55. The second-order valence-corrected chi connectivity index (χ2v) is 7.11. The maximum atomic E-state index is 5.67. The number of hydrogen-bond acceptors (Lipinski definition) is 4. The summed E-state index contributed by atoms with van der Waals surface area (Å²) in [5, 5.41) is 8.99. The Morgan fingerprint density at radius 2 is 2.17 bits per heavy atom. The number of aryl methyl sites for hydroxylation is 1. The van der Waals surface area contributed by atoms with Crippen molar-refractivity contribution in [2.24, 2.45) is 4.99 Å². The van der Waals surface area contributed by atoms with Gasteiger partial charge in [-0.2, -0.15) is 0 Å². The highest BCUT2D eigenvalue weighted by atomic mass is 32.1. The van der Waals surface area contributed by atoms with Crippen LogP contribution in [0.2, 0.25) is 0 Å². The number of hydrogen-bond donors (Lipinski definition) is 2. The van der Waals surface area contributed by atoms with Gasteiger partial charge >= 0.3 is 0 Å². The van der Waals surface area contributed by atoms with Gasteiger partial charge in [0.1, 0.15) is 5.76 Å². The number of guanidine groups is 1. The van der Waals surface area contributed by atoms with Crippen LogP contribution in [0.25, 0.3) is 0 Å². The Morgan fingerprint density at radius 3 is 2.79 bits per heavy atom. The Morgan fingerprint density at radius 1 is 1.33 bits per heavy atom. The number of rotatable bonds is 6. The first-order valence-electron chi connectivity index (χ1n) is 8.53. The van der Waals surface area contributed by atoms with Gasteiger partial charge in [0.2, 0.25) is 0 Å². The predicted octanol–water partition coefficient (Wildman–Crippen LogP) is 3.15. The molecule has 0 spiro atoms. The van der Waals surface area contributed by atoms with Crippen LogP contribution in [0.1, 0.15) is 35.1 Å². The number of likely N-dealkylation sites (tertiary alicyclic amines) is 1. The number of furan rings is 1. The van der Waals surface area contributed by atoms with E-state index in [1.54, 1.807) is 17.6 Å². The van der Waals surface area contributed by atoms with Crippen LogP contribution in [-0.4, -0.2) is 37.5 Å². The fourth-order valence-electron chi connectivity index (χ4n) is 3.11. The minimum Gasteiger partial charge on any atom is -0.468 e. The van der Waals surface area contributed by atoms with Crippen molar-refractivity contribution < 1.29 is 4.42 Å². The van der Waals surface area contributed by atoms with Crippen LogP contribution in [0.5, 0.6) is 0 Å². The predicted molar refractivity (Wildman–Crippen MR) is 99.5 cm³/mol. The molecular weight excluding hydrogens is 320 g/mol. The number of nitrogens with one attached hydrogen (secondary N) is 2. The Kier molecular flexibility index (Phi) is 5.93. The summed E-state index contributed by atoms with van der Waals surface area (Å²) in [4.78, 5) is 8.18. The quantitative estimate of drug-likeness (QED) is 0.623. The highest BCUT2D eigenvalue weighted by molar-refractivity contribution is 7.10. The molecule has 1 aliphatic rings. The first-order valence-corrected chi connectivity index (χ1v) is 9.41. The molecule has 1 unspecified atom stereocenters. The van der Waals surface area contributed by atoms with E-state index in [0.29, 0.717) is 0 Å². The zero-order valence-corrected chi connectivity index (χ0v) is 15.2. The molecule has 2 aromatic rings. The van der Waals surface area contributed by atoms with E-state index >= 15 is 0 Å². The second kappa shape index (κ2) is 8.35. The van der Waals surface area contributed by atoms with Crippen LogP contribution >= 0.6 is 11.3 Å². The Balaban J connectivity index is 1.57. The molecule has 1 saturated heterocycles. The number of thiophene rings is 1. The molecule has 0 radical (unpaired) electrons. The summed E-state index contributed by atoms with van der Waals surface area (Å²) in [6, 6.07) is 6.43. The van der Waals surface area contributed by atoms with Crippen molar-refractivity contribution in [2.75, 3.05) is 26.7 Å². The van der Waals surface area contributed by atoms with Gasteiger partial charge in [0, 0.05) is 18.5 Å². The molecule has 1 fully saturated rings. The van der Waals surface area contributed by atoms with E-state index in [-0.39, 0.29) is 6.04 Å². The van der Waals surface area contributed by atoms with Gasteiger partial charge in [0.15, 0.2) is 5.96 Å². The Hall–Kier alpha value is -1.79. The fourth-order valence-corrected chi connectivity index (χ4v) is 3.95. The van der Waals surface area contributed by atoms with Gasteiger partial charge in [-0.15, -0.1) is 11.3 Å². The first kappa shape index (κ1) is 17.0. The van der Waals surface area contributed by atoms with Gasteiger partial charge in [-0.25, -0.2) is 0 Å². The summed E-state index contributed by atoms with van der Waals surface area (Å²) < 4.78 is 5.67. The maximum absolute atomic E-state index is 5.67. The van der Waals surface area contributed by atoms with E-state index in [4.69, 9.17) is 4.42 Å². The third kappa shape index (κ3) is 4.19. The number of nitrogens with zero attached hydrogens (tertiary/aromatic N) is 2. The zero-order chi connectivity index (χ0) is 16.8. The second-order valence-electron chi connectivity index (χ2n) is 6.11. The third-order valence-electron chi connectivity index (χ3n) is 4.52. The molecule has 6 heteroatoms. The Labute approximate surface area is 147 Å². The summed E-state index contributed by atoms with van der Waals surface area (Å²) in [5.41, 5.74) is 1.33. The smallest absolute Gasteiger partial charge is 0.191 e. The molecule has 0 saturated carbocycles. The van der Waals surface area contributed by atoms with Crippen molar-refractivity contribution in [3.63, 3.8) is 0 Å². The van der Waals surface area contributed by atoms with Crippen molar-refractivity contribution in [3.05, 3.63) is 46.0 Å². The van der Waals surface area contributed by atoms with E-state index in [2.05, 4.69) is 45.0 Å². The van der Waals surface area contributed by atoms with Crippen LogP contribution in [-0.2, 0) is 6.54 Å². The molecule has 0 aliphatic carbocycles. The molecule has 0 amide bonds. The molecule has 5 nitrogen and oxygen atoms in total. The minimum absolute atomic E-state index is 0.254. The lowest BCUT2D eigenvalue weighted by Gasteiger charge is -2.26. The highest BCUT2D eigenvalue weighted by Crippen LogP contribution is 2.24. The van der Waals surface area contributed by atoms with Crippen LogP contribution in [0, 0.1) is 6.92 Å². The molecule has 0 bridgehead atoms. The summed E-state index contributed by atoms with van der Waals surface area (Å²) in [7, 11) is 1.81. The van der Waals surface area contributed by atoms with E-state index < -0.39 is 0 Å². The van der Waals surface area contributed by atoms with Gasteiger partial charge < -0.3 is 15.1 Å². The fraction of sp³-hybridized carbons (Fsp3) is 0.500. The summed E-state index contributed by atoms with van der Waals surface area (Å²) >= 11 is 1.78. The largest absolute Gasteiger partial charge is 0.468 e. The lowest BCUT2D eigenvalue weighted by Crippen LogP contribution is -2.42. The Bertz CT molecular complexity index is 644. The maximum Gasteiger partial charge on any atom is 0.191 e. The van der Waals surface area contributed by atoms with E-state index in [0.717, 1.165) is 37.9 Å². The molecule has 3 heterocycles. The van der Waals surface area contributed by atoms with Crippen molar-refractivity contribution in [1.29, 1.82) is 0 Å². The van der Waals surface area contributed by atoms with Gasteiger partial charge in [-0.3, -0.25) is 9.89 Å². The lowest BCUT2D eigenvalue weighted by molar-refractivity contribution is 0.215. The summed E-state index contributed by atoms with van der Waals surface area (Å²) in [5.74, 6) is 1.85. The average molecular weight is 347 g/mol. The van der Waals surface area contributed by atoms with E-state index in [9.17, 15) is 0 Å². The lowest BCUT2D eigenvalue weighted by atomic mass is 10.2. The molecule has 24 heavy (non-hydrogen) atoms. The molecule has 2 aromatic heterocycles. The zero-order valence-electron chi connectivity index (χ0n) is 14.4. The molecule has 1 aliphatic heterocycles. The van der Waals surface area contributed by atoms with Gasteiger partial charge in [-0.05, 0) is 62.0 Å². The molecule has 2 N–H and O–H groups in total. The minimum atomic E-state index is 0.254. The average Bonchev–Trinajstić information content (AvgIpc) is 3.34. The van der Waals surface area contributed by atoms with Crippen molar-refractivity contribution in [1.82, 2.24) is 15.5 Å². The standard InChI is InChI=1S/C18H26N4OS/c1-14-7-11-24-17(14)13-21-18(19-2)20-12-15(16-6-5-10-23-16)22-8-3-4-9-22/h5-7,10-11,15H,3-4,8-9,12-13H2,1-2H3,(H2,19,20,21). The summed E-state index contributed by atoms with van der Waals surface area (Å²) in [6.45, 7) is 6.00. The van der Waals surface area contributed by atoms with Gasteiger partial charge in [-0.1, -0.05) is 0 Å². The molecule has 3 rings (SSSR count). The van der Waals surface area contributed by atoms with E-state index in [1.807, 2.05) is 13.1 Å².